The number of H-pyrrole nitrogens is 1. The monoisotopic (exact) mass is 474 g/mol. The van der Waals surface area contributed by atoms with Crippen LogP contribution in [0.1, 0.15) is 11.1 Å². The molecule has 1 unspecified atom stereocenters. The van der Waals surface area contributed by atoms with Gasteiger partial charge in [-0.15, -0.1) is 0 Å². The zero-order valence-electron chi connectivity index (χ0n) is 18.7. The highest BCUT2D eigenvalue weighted by molar-refractivity contribution is 6.33. The fourth-order valence-corrected chi connectivity index (χ4v) is 4.67. The molecule has 3 aromatic carbocycles. The molecule has 1 atom stereocenters. The van der Waals surface area contributed by atoms with Gasteiger partial charge in [0.25, 0.3) is 0 Å². The fraction of sp³-hybridized carbons (Fsp3) is 0.222. The molecule has 0 saturated heterocycles. The van der Waals surface area contributed by atoms with Crippen molar-refractivity contribution < 1.29 is 10.2 Å². The van der Waals surface area contributed by atoms with E-state index in [1.54, 1.807) is 0 Å². The molecule has 0 amide bonds. The van der Waals surface area contributed by atoms with Crippen molar-refractivity contribution in [2.75, 3.05) is 25.0 Å². The lowest BCUT2D eigenvalue weighted by atomic mass is 9.97. The van der Waals surface area contributed by atoms with E-state index >= 15 is 0 Å². The van der Waals surface area contributed by atoms with Gasteiger partial charge in [-0.2, -0.15) is 0 Å². The molecule has 5 rings (SSSR count). The highest BCUT2D eigenvalue weighted by Gasteiger charge is 2.21. The van der Waals surface area contributed by atoms with E-state index in [0.717, 1.165) is 53.5 Å². The minimum atomic E-state index is -0.709. The average molecular weight is 475 g/mol. The summed E-state index contributed by atoms with van der Waals surface area (Å²) in [6, 6.07) is 22.2. The molecule has 4 aromatic rings. The van der Waals surface area contributed by atoms with E-state index in [1.807, 2.05) is 60.8 Å². The van der Waals surface area contributed by atoms with Gasteiger partial charge in [-0.25, -0.2) is 4.98 Å². The molecule has 1 aliphatic heterocycles. The van der Waals surface area contributed by atoms with Crippen LogP contribution in [0.4, 0.5) is 11.4 Å². The summed E-state index contributed by atoms with van der Waals surface area (Å²) in [5.74, 6) is 0.723. The molecule has 1 aliphatic rings. The van der Waals surface area contributed by atoms with Crippen LogP contribution in [0.5, 0.6) is 0 Å². The minimum absolute atomic E-state index is 0.216. The Balaban J connectivity index is 1.38. The molecule has 2 heterocycles. The van der Waals surface area contributed by atoms with Crippen molar-refractivity contribution >= 4 is 23.0 Å². The smallest absolute Gasteiger partial charge is 0.139 e. The minimum Gasteiger partial charge on any atom is -0.394 e. The van der Waals surface area contributed by atoms with E-state index in [9.17, 15) is 5.11 Å². The van der Waals surface area contributed by atoms with E-state index in [4.69, 9.17) is 16.7 Å². The van der Waals surface area contributed by atoms with Crippen LogP contribution in [-0.2, 0) is 13.0 Å². The van der Waals surface area contributed by atoms with Gasteiger partial charge in [0.2, 0.25) is 0 Å². The molecule has 6 nitrogen and oxygen atoms in total. The molecule has 4 N–H and O–H groups in total. The van der Waals surface area contributed by atoms with E-state index in [-0.39, 0.29) is 6.61 Å². The van der Waals surface area contributed by atoms with Crippen molar-refractivity contribution in [3.63, 3.8) is 0 Å². The number of rotatable bonds is 7. The van der Waals surface area contributed by atoms with Crippen molar-refractivity contribution in [3.05, 3.63) is 89.1 Å². The first-order chi connectivity index (χ1) is 16.6. The largest absolute Gasteiger partial charge is 0.394 e. The van der Waals surface area contributed by atoms with Gasteiger partial charge < -0.3 is 20.5 Å². The highest BCUT2D eigenvalue weighted by Crippen LogP contribution is 2.33. The summed E-state index contributed by atoms with van der Waals surface area (Å²) >= 11 is 6.54. The maximum Gasteiger partial charge on any atom is 0.139 e. The summed E-state index contributed by atoms with van der Waals surface area (Å²) in [6.45, 7) is 1.85. The predicted molar refractivity (Wildman–Crippen MR) is 136 cm³/mol. The molecule has 174 valence electrons. The first-order valence-corrected chi connectivity index (χ1v) is 11.8. The molecule has 0 radical (unpaired) electrons. The number of aromatic nitrogens is 2. The lowest BCUT2D eigenvalue weighted by Gasteiger charge is -2.31. The Bertz CT molecular complexity index is 1270. The van der Waals surface area contributed by atoms with Crippen LogP contribution in [0.15, 0.2) is 72.9 Å². The Morgan fingerprint density at radius 1 is 1.09 bits per heavy atom. The molecule has 34 heavy (non-hydrogen) atoms. The molecule has 1 aromatic heterocycles. The van der Waals surface area contributed by atoms with Crippen molar-refractivity contribution in [2.45, 2.75) is 19.1 Å². The quantitative estimate of drug-likeness (QED) is 0.307. The number of anilines is 2. The number of benzene rings is 3. The van der Waals surface area contributed by atoms with E-state index in [1.165, 1.54) is 11.1 Å². The second-order valence-electron chi connectivity index (χ2n) is 8.60. The van der Waals surface area contributed by atoms with E-state index in [2.05, 4.69) is 32.3 Å². The first kappa shape index (κ1) is 22.6. The second-order valence-corrected chi connectivity index (χ2v) is 9.00. The third-order valence-electron chi connectivity index (χ3n) is 6.19. The van der Waals surface area contributed by atoms with E-state index < -0.39 is 6.10 Å². The lowest BCUT2D eigenvalue weighted by Crippen LogP contribution is -2.38. The van der Waals surface area contributed by atoms with Gasteiger partial charge in [0, 0.05) is 36.6 Å². The summed E-state index contributed by atoms with van der Waals surface area (Å²) in [7, 11) is 0. The number of nitrogens with one attached hydrogen (secondary N) is 2. The standard InChI is InChI=1S/C27H27ClN4O2/c28-24-10-9-20(13-23(24)27-29-14-26(31-27)18-5-2-1-3-6-18)30-25-8-4-7-19-15-32(12-11-22(19)25)16-21(34)17-33/h1-10,13-14,21,30,33-34H,11-12,15-17H2,(H,29,31). The molecule has 0 saturated carbocycles. The number of aliphatic hydroxyl groups excluding tert-OH is 2. The van der Waals surface area contributed by atoms with Gasteiger partial charge in [0.05, 0.1) is 29.6 Å². The number of imidazole rings is 1. The molecular weight excluding hydrogens is 448 g/mol. The molecule has 0 fully saturated rings. The zero-order valence-corrected chi connectivity index (χ0v) is 19.5. The Labute approximate surface area is 203 Å². The molecule has 0 spiro atoms. The molecule has 0 bridgehead atoms. The molecule has 0 aliphatic carbocycles. The number of halogens is 1. The van der Waals surface area contributed by atoms with Gasteiger partial charge in [-0.05, 0) is 47.4 Å². The molecular formula is C27H27ClN4O2. The Kier molecular flexibility index (Phi) is 6.65. The number of aliphatic hydroxyl groups is 2. The predicted octanol–water partition coefficient (Wildman–Crippen LogP) is 4.85. The fourth-order valence-electron chi connectivity index (χ4n) is 4.46. The zero-order chi connectivity index (χ0) is 23.5. The number of β-amino-alcohol motifs (C(OH)–C–C–N with tert-alkyl or cyclic N) is 1. The van der Waals surface area contributed by atoms with E-state index in [0.29, 0.717) is 11.6 Å². The SMILES string of the molecule is OCC(O)CN1CCc2c(cccc2Nc2ccc(Cl)c(-c3ncc(-c4ccccc4)[nH]3)c2)C1. The highest BCUT2D eigenvalue weighted by atomic mass is 35.5. The van der Waals surface area contributed by atoms with Crippen LogP contribution in [-0.4, -0.2) is 50.9 Å². The van der Waals surface area contributed by atoms with Crippen LogP contribution < -0.4 is 5.32 Å². The third kappa shape index (κ3) is 4.86. The van der Waals surface area contributed by atoms with Crippen LogP contribution in [0.2, 0.25) is 5.02 Å². The first-order valence-electron chi connectivity index (χ1n) is 11.4. The van der Waals surface area contributed by atoms with Crippen LogP contribution in [0.3, 0.4) is 0 Å². The number of hydrogen-bond donors (Lipinski definition) is 4. The van der Waals surface area contributed by atoms with Crippen molar-refractivity contribution in [1.82, 2.24) is 14.9 Å². The normalized spacial score (nSPS) is 14.6. The summed E-state index contributed by atoms with van der Waals surface area (Å²) in [6.07, 6.45) is 1.99. The Hall–Kier alpha value is -3.16. The van der Waals surface area contributed by atoms with Gasteiger partial charge >= 0.3 is 0 Å². The summed E-state index contributed by atoms with van der Waals surface area (Å²) in [4.78, 5) is 10.1. The van der Waals surface area contributed by atoms with Gasteiger partial charge in [0.15, 0.2) is 0 Å². The Morgan fingerprint density at radius 2 is 1.94 bits per heavy atom. The van der Waals surface area contributed by atoms with Crippen LogP contribution in [0, 0.1) is 0 Å². The summed E-state index contributed by atoms with van der Waals surface area (Å²) in [5, 5.41) is 23.1. The topological polar surface area (TPSA) is 84.4 Å². The third-order valence-corrected chi connectivity index (χ3v) is 6.52. The summed E-state index contributed by atoms with van der Waals surface area (Å²) < 4.78 is 0. The lowest BCUT2D eigenvalue weighted by molar-refractivity contribution is 0.0551. The summed E-state index contributed by atoms with van der Waals surface area (Å²) in [5.41, 5.74) is 7.36. The maximum absolute atomic E-state index is 9.79. The average Bonchev–Trinajstić information content (AvgIpc) is 3.36. The van der Waals surface area contributed by atoms with Gasteiger partial charge in [0.1, 0.15) is 5.82 Å². The number of hydrogen-bond acceptors (Lipinski definition) is 5. The number of aromatic amines is 1. The molecule has 7 heteroatoms. The second kappa shape index (κ2) is 9.99. The van der Waals surface area contributed by atoms with Gasteiger partial charge in [-0.1, -0.05) is 54.1 Å². The van der Waals surface area contributed by atoms with Gasteiger partial charge in [-0.3, -0.25) is 4.90 Å². The number of nitrogens with zero attached hydrogens (tertiary/aromatic N) is 2. The van der Waals surface area contributed by atoms with Crippen LogP contribution >= 0.6 is 11.6 Å². The van der Waals surface area contributed by atoms with Crippen molar-refractivity contribution in [1.29, 1.82) is 0 Å². The van der Waals surface area contributed by atoms with Crippen molar-refractivity contribution in [3.8, 4) is 22.6 Å². The van der Waals surface area contributed by atoms with Crippen LogP contribution in [0.25, 0.3) is 22.6 Å². The number of fused-ring (bicyclic) bond motifs is 1. The maximum atomic E-state index is 9.79. The van der Waals surface area contributed by atoms with Crippen molar-refractivity contribution in [2.24, 2.45) is 0 Å². The Morgan fingerprint density at radius 3 is 2.76 bits per heavy atom.